The van der Waals surface area contributed by atoms with Gasteiger partial charge >= 0.3 is 0 Å². The Bertz CT molecular complexity index is 232. The third kappa shape index (κ3) is 4.11. The van der Waals surface area contributed by atoms with Gasteiger partial charge in [0.15, 0.2) is 0 Å². The lowest BCUT2D eigenvalue weighted by Crippen LogP contribution is -2.38. The van der Waals surface area contributed by atoms with Crippen LogP contribution in [0.2, 0.25) is 0 Å². The highest BCUT2D eigenvalue weighted by molar-refractivity contribution is 4.92. The Kier molecular flexibility index (Phi) is 5.79. The zero-order valence-electron chi connectivity index (χ0n) is 10.9. The molecule has 1 N–H and O–H groups in total. The fourth-order valence-electron chi connectivity index (χ4n) is 2.53. The number of nitrogens with zero attached hydrogens (tertiary/aromatic N) is 2. The number of likely N-dealkylation sites (tertiary alicyclic amines) is 1. The monoisotopic (exact) mass is 223 g/mol. The summed E-state index contributed by atoms with van der Waals surface area (Å²) in [6, 6.07) is 3.52. The van der Waals surface area contributed by atoms with Crippen LogP contribution in [0.15, 0.2) is 0 Å². The molecule has 1 aliphatic heterocycles. The Morgan fingerprint density at radius 2 is 2.25 bits per heavy atom. The van der Waals surface area contributed by atoms with Gasteiger partial charge in [-0.25, -0.2) is 0 Å². The van der Waals surface area contributed by atoms with Crippen molar-refractivity contribution in [1.29, 1.82) is 5.26 Å². The van der Waals surface area contributed by atoms with Crippen LogP contribution in [0.3, 0.4) is 0 Å². The summed E-state index contributed by atoms with van der Waals surface area (Å²) in [5.74, 6) is 0. The third-order valence-corrected chi connectivity index (χ3v) is 3.37. The zero-order valence-corrected chi connectivity index (χ0v) is 10.9. The van der Waals surface area contributed by atoms with E-state index in [9.17, 15) is 0 Å². The van der Waals surface area contributed by atoms with Crippen molar-refractivity contribution in [3.8, 4) is 6.07 Å². The van der Waals surface area contributed by atoms with E-state index in [-0.39, 0.29) is 6.04 Å². The van der Waals surface area contributed by atoms with Crippen LogP contribution in [0.25, 0.3) is 0 Å². The maximum absolute atomic E-state index is 9.04. The SMILES string of the molecule is CCC1CCCN1CCC(C#N)NC(C)C. The lowest BCUT2D eigenvalue weighted by atomic mass is 10.1. The molecule has 3 heteroatoms. The smallest absolute Gasteiger partial charge is 0.0967 e. The maximum atomic E-state index is 9.04. The first-order valence-electron chi connectivity index (χ1n) is 6.57. The fraction of sp³-hybridized carbons (Fsp3) is 0.923. The molecule has 16 heavy (non-hydrogen) atoms. The summed E-state index contributed by atoms with van der Waals surface area (Å²) in [6.07, 6.45) is 4.86. The van der Waals surface area contributed by atoms with Gasteiger partial charge in [0.25, 0.3) is 0 Å². The van der Waals surface area contributed by atoms with Crippen molar-refractivity contribution in [3.05, 3.63) is 0 Å². The molecule has 0 amide bonds. The van der Waals surface area contributed by atoms with Crippen LogP contribution in [0.4, 0.5) is 0 Å². The second-order valence-corrected chi connectivity index (χ2v) is 5.03. The summed E-state index contributed by atoms with van der Waals surface area (Å²) in [6.45, 7) is 8.73. The first-order valence-corrected chi connectivity index (χ1v) is 6.57. The maximum Gasteiger partial charge on any atom is 0.0967 e. The van der Waals surface area contributed by atoms with Crippen LogP contribution in [-0.2, 0) is 0 Å². The van der Waals surface area contributed by atoms with E-state index in [0.717, 1.165) is 19.0 Å². The van der Waals surface area contributed by atoms with E-state index in [1.807, 2.05) is 0 Å². The molecule has 2 atom stereocenters. The lowest BCUT2D eigenvalue weighted by Gasteiger charge is -2.24. The number of hydrogen-bond acceptors (Lipinski definition) is 3. The van der Waals surface area contributed by atoms with Crippen LogP contribution in [-0.4, -0.2) is 36.1 Å². The Labute approximate surface area is 99.8 Å². The molecule has 0 aromatic carbocycles. The first kappa shape index (κ1) is 13.5. The van der Waals surface area contributed by atoms with Crippen molar-refractivity contribution in [2.24, 2.45) is 0 Å². The molecule has 0 spiro atoms. The fourth-order valence-corrected chi connectivity index (χ4v) is 2.53. The van der Waals surface area contributed by atoms with Gasteiger partial charge in [-0.3, -0.25) is 5.32 Å². The van der Waals surface area contributed by atoms with E-state index in [2.05, 4.69) is 37.1 Å². The van der Waals surface area contributed by atoms with Crippen LogP contribution < -0.4 is 5.32 Å². The molecule has 0 aliphatic carbocycles. The standard InChI is InChI=1S/C13H25N3/c1-4-13-6-5-8-16(13)9-7-12(10-14)15-11(2)3/h11-13,15H,4-9H2,1-3H3. The molecule has 0 aromatic rings. The Hall–Kier alpha value is -0.590. The van der Waals surface area contributed by atoms with Crippen molar-refractivity contribution < 1.29 is 0 Å². The number of nitriles is 1. The molecule has 2 unspecified atom stereocenters. The van der Waals surface area contributed by atoms with Crippen molar-refractivity contribution in [2.75, 3.05) is 13.1 Å². The largest absolute Gasteiger partial charge is 0.300 e. The van der Waals surface area contributed by atoms with E-state index < -0.39 is 0 Å². The molecule has 0 radical (unpaired) electrons. The lowest BCUT2D eigenvalue weighted by molar-refractivity contribution is 0.238. The van der Waals surface area contributed by atoms with Gasteiger partial charge in [0, 0.05) is 18.6 Å². The molecular formula is C13H25N3. The topological polar surface area (TPSA) is 39.1 Å². The van der Waals surface area contributed by atoms with Gasteiger partial charge in [-0.1, -0.05) is 6.92 Å². The minimum Gasteiger partial charge on any atom is -0.300 e. The average molecular weight is 223 g/mol. The Balaban J connectivity index is 2.29. The molecule has 1 rings (SSSR count). The molecule has 3 nitrogen and oxygen atoms in total. The van der Waals surface area contributed by atoms with Crippen LogP contribution in [0.1, 0.15) is 46.5 Å². The van der Waals surface area contributed by atoms with Crippen molar-refractivity contribution in [2.45, 2.75) is 64.6 Å². The summed E-state index contributed by atoms with van der Waals surface area (Å²) in [7, 11) is 0. The van der Waals surface area contributed by atoms with E-state index in [1.165, 1.54) is 25.8 Å². The average Bonchev–Trinajstić information content (AvgIpc) is 2.70. The zero-order chi connectivity index (χ0) is 12.0. The van der Waals surface area contributed by atoms with Gasteiger partial charge in [0.1, 0.15) is 0 Å². The minimum atomic E-state index is 0.0121. The van der Waals surface area contributed by atoms with E-state index in [4.69, 9.17) is 5.26 Å². The number of nitrogens with one attached hydrogen (secondary N) is 1. The molecule has 0 saturated carbocycles. The van der Waals surface area contributed by atoms with Gasteiger partial charge < -0.3 is 4.90 Å². The van der Waals surface area contributed by atoms with Crippen molar-refractivity contribution in [1.82, 2.24) is 10.2 Å². The number of hydrogen-bond donors (Lipinski definition) is 1. The van der Waals surface area contributed by atoms with Crippen molar-refractivity contribution >= 4 is 0 Å². The van der Waals surface area contributed by atoms with Crippen LogP contribution >= 0.6 is 0 Å². The Morgan fingerprint density at radius 1 is 1.50 bits per heavy atom. The molecule has 0 aromatic heterocycles. The predicted octanol–water partition coefficient (Wildman–Crippen LogP) is 2.14. The van der Waals surface area contributed by atoms with Crippen LogP contribution in [0, 0.1) is 11.3 Å². The summed E-state index contributed by atoms with van der Waals surface area (Å²) >= 11 is 0. The number of rotatable bonds is 6. The van der Waals surface area contributed by atoms with Crippen molar-refractivity contribution in [3.63, 3.8) is 0 Å². The molecular weight excluding hydrogens is 198 g/mol. The predicted molar refractivity (Wildman–Crippen MR) is 67.2 cm³/mol. The minimum absolute atomic E-state index is 0.0121. The molecule has 1 heterocycles. The molecule has 0 bridgehead atoms. The summed E-state index contributed by atoms with van der Waals surface area (Å²) in [5.41, 5.74) is 0. The molecule has 1 aliphatic rings. The summed E-state index contributed by atoms with van der Waals surface area (Å²) < 4.78 is 0. The third-order valence-electron chi connectivity index (χ3n) is 3.37. The van der Waals surface area contributed by atoms with Crippen LogP contribution in [0.5, 0.6) is 0 Å². The quantitative estimate of drug-likeness (QED) is 0.750. The van der Waals surface area contributed by atoms with E-state index in [1.54, 1.807) is 0 Å². The van der Waals surface area contributed by atoms with Gasteiger partial charge in [0.05, 0.1) is 12.1 Å². The molecule has 1 fully saturated rings. The highest BCUT2D eigenvalue weighted by Crippen LogP contribution is 2.19. The highest BCUT2D eigenvalue weighted by atomic mass is 15.2. The first-order chi connectivity index (χ1) is 7.67. The normalized spacial score (nSPS) is 23.6. The Morgan fingerprint density at radius 3 is 2.81 bits per heavy atom. The second-order valence-electron chi connectivity index (χ2n) is 5.03. The summed E-state index contributed by atoms with van der Waals surface area (Å²) in [4.78, 5) is 2.55. The van der Waals surface area contributed by atoms with Gasteiger partial charge in [-0.15, -0.1) is 0 Å². The van der Waals surface area contributed by atoms with Gasteiger partial charge in [-0.2, -0.15) is 5.26 Å². The van der Waals surface area contributed by atoms with Gasteiger partial charge in [0.2, 0.25) is 0 Å². The summed E-state index contributed by atoms with van der Waals surface area (Å²) in [5, 5.41) is 12.3. The molecule has 1 saturated heterocycles. The molecule has 92 valence electrons. The van der Waals surface area contributed by atoms with Gasteiger partial charge in [-0.05, 0) is 46.1 Å². The second kappa shape index (κ2) is 6.88. The van der Waals surface area contributed by atoms with E-state index in [0.29, 0.717) is 6.04 Å². The van der Waals surface area contributed by atoms with E-state index >= 15 is 0 Å². The highest BCUT2D eigenvalue weighted by Gasteiger charge is 2.23.